The van der Waals surface area contributed by atoms with Crippen molar-refractivity contribution in [1.29, 1.82) is 0 Å². The van der Waals surface area contributed by atoms with Crippen LogP contribution >= 0.6 is 0 Å². The van der Waals surface area contributed by atoms with E-state index in [0.717, 1.165) is 31.5 Å². The van der Waals surface area contributed by atoms with Crippen molar-refractivity contribution < 1.29 is 9.47 Å². The summed E-state index contributed by atoms with van der Waals surface area (Å²) in [4.78, 5) is 11.0. The quantitative estimate of drug-likeness (QED) is 0.788. The van der Waals surface area contributed by atoms with Gasteiger partial charge in [0.2, 0.25) is 5.88 Å². The van der Waals surface area contributed by atoms with Crippen LogP contribution in [-0.2, 0) is 11.3 Å². The molecule has 2 fully saturated rings. The molecule has 7 nitrogen and oxygen atoms in total. The first-order valence-electron chi connectivity index (χ1n) is 10.4. The average Bonchev–Trinajstić information content (AvgIpc) is 3.07. The van der Waals surface area contributed by atoms with Crippen LogP contribution in [-0.4, -0.2) is 56.0 Å². The molecule has 4 rings (SSSR count). The van der Waals surface area contributed by atoms with Crippen LogP contribution in [0, 0.1) is 6.92 Å². The van der Waals surface area contributed by atoms with E-state index in [-0.39, 0.29) is 0 Å². The highest BCUT2D eigenvalue weighted by Crippen LogP contribution is 2.33. The Morgan fingerprint density at radius 3 is 2.36 bits per heavy atom. The first-order valence-corrected chi connectivity index (χ1v) is 10.4. The predicted octanol–water partition coefficient (Wildman–Crippen LogP) is 3.15. The fraction of sp³-hybridized carbons (Fsp3) is 0.667. The fourth-order valence-corrected chi connectivity index (χ4v) is 4.54. The van der Waals surface area contributed by atoms with Gasteiger partial charge in [0.25, 0.3) is 0 Å². The van der Waals surface area contributed by atoms with E-state index < -0.39 is 0 Å². The molecule has 0 radical (unpaired) electrons. The molecule has 28 heavy (non-hydrogen) atoms. The van der Waals surface area contributed by atoms with Gasteiger partial charge >= 0.3 is 0 Å². The monoisotopic (exact) mass is 385 g/mol. The van der Waals surface area contributed by atoms with E-state index in [1.54, 1.807) is 18.5 Å². The minimum absolute atomic E-state index is 0.337. The predicted molar refractivity (Wildman–Crippen MR) is 106 cm³/mol. The summed E-state index contributed by atoms with van der Waals surface area (Å²) in [6.07, 6.45) is 11.0. The Labute approximate surface area is 167 Å². The molecule has 1 saturated heterocycles. The Balaban J connectivity index is 1.32. The van der Waals surface area contributed by atoms with E-state index in [1.165, 1.54) is 12.8 Å². The lowest BCUT2D eigenvalue weighted by atomic mass is 9.89. The molecule has 0 aromatic carbocycles. The summed E-state index contributed by atoms with van der Waals surface area (Å²) >= 11 is 0. The number of ether oxygens (including phenoxy) is 2. The Kier molecular flexibility index (Phi) is 5.92. The summed E-state index contributed by atoms with van der Waals surface area (Å²) in [5, 5.41) is 4.72. The average molecular weight is 386 g/mol. The van der Waals surface area contributed by atoms with Gasteiger partial charge < -0.3 is 9.47 Å². The van der Waals surface area contributed by atoms with E-state index in [1.807, 2.05) is 6.92 Å². The standard InChI is InChI=1S/C21H31N5O2/c1-15-11-26(24-21(15)27-14-20-22-9-4-10-23-20)19-7-5-18(6-8-19)25-12-16(2)28-17(3)13-25/h4,9-11,16-19H,5-8,12-14H2,1-3H3/t16-,17+,18?,19?. The maximum atomic E-state index is 5.89. The van der Waals surface area contributed by atoms with Gasteiger partial charge in [0.05, 0.1) is 18.2 Å². The molecule has 1 saturated carbocycles. The molecule has 0 unspecified atom stereocenters. The van der Waals surface area contributed by atoms with Gasteiger partial charge in [-0.15, -0.1) is 5.10 Å². The highest BCUT2D eigenvalue weighted by Gasteiger charge is 2.31. The topological polar surface area (TPSA) is 65.3 Å². The summed E-state index contributed by atoms with van der Waals surface area (Å²) in [6, 6.07) is 2.93. The van der Waals surface area contributed by atoms with Crippen molar-refractivity contribution in [2.24, 2.45) is 0 Å². The lowest BCUT2D eigenvalue weighted by Gasteiger charge is -2.42. The fourth-order valence-electron chi connectivity index (χ4n) is 4.54. The maximum Gasteiger partial charge on any atom is 0.236 e. The molecule has 0 N–H and O–H groups in total. The lowest BCUT2D eigenvalue weighted by Crippen LogP contribution is -2.51. The second kappa shape index (κ2) is 8.57. The Morgan fingerprint density at radius 2 is 1.68 bits per heavy atom. The van der Waals surface area contributed by atoms with Crippen LogP contribution in [0.25, 0.3) is 0 Å². The molecule has 2 atom stereocenters. The first kappa shape index (κ1) is 19.3. The zero-order valence-corrected chi connectivity index (χ0v) is 17.1. The molecule has 152 valence electrons. The smallest absolute Gasteiger partial charge is 0.236 e. The number of aryl methyl sites for hydroxylation is 1. The third kappa shape index (κ3) is 4.52. The molecular weight excluding hydrogens is 354 g/mol. The van der Waals surface area contributed by atoms with Gasteiger partial charge in [0, 0.05) is 43.3 Å². The maximum absolute atomic E-state index is 5.89. The van der Waals surface area contributed by atoms with Crippen molar-refractivity contribution in [2.75, 3.05) is 13.1 Å². The molecule has 3 heterocycles. The number of rotatable bonds is 5. The van der Waals surface area contributed by atoms with Crippen molar-refractivity contribution in [3.05, 3.63) is 36.0 Å². The SMILES string of the molecule is Cc1cn(C2CCC(N3C[C@@H](C)O[C@@H](C)C3)CC2)nc1OCc1ncccn1. The lowest BCUT2D eigenvalue weighted by molar-refractivity contribution is -0.0852. The number of hydrogen-bond acceptors (Lipinski definition) is 6. The van der Waals surface area contributed by atoms with Gasteiger partial charge in [-0.25, -0.2) is 9.97 Å². The van der Waals surface area contributed by atoms with Crippen molar-refractivity contribution >= 4 is 0 Å². The number of morpholine rings is 1. The molecule has 1 aliphatic carbocycles. The second-order valence-electron chi connectivity index (χ2n) is 8.22. The van der Waals surface area contributed by atoms with Gasteiger partial charge in [-0.2, -0.15) is 0 Å². The summed E-state index contributed by atoms with van der Waals surface area (Å²) in [5.41, 5.74) is 1.06. The Morgan fingerprint density at radius 1 is 1.04 bits per heavy atom. The summed E-state index contributed by atoms with van der Waals surface area (Å²) < 4.78 is 13.9. The molecule has 1 aliphatic heterocycles. The summed E-state index contributed by atoms with van der Waals surface area (Å²) in [7, 11) is 0. The molecule has 0 bridgehead atoms. The number of aromatic nitrogens is 4. The second-order valence-corrected chi connectivity index (χ2v) is 8.22. The Bertz CT molecular complexity index is 747. The zero-order chi connectivity index (χ0) is 19.5. The van der Waals surface area contributed by atoms with Crippen molar-refractivity contribution in [1.82, 2.24) is 24.6 Å². The van der Waals surface area contributed by atoms with Crippen LogP contribution in [0.1, 0.15) is 57.0 Å². The van der Waals surface area contributed by atoms with E-state index in [0.29, 0.717) is 42.6 Å². The van der Waals surface area contributed by atoms with Gasteiger partial charge in [-0.1, -0.05) is 0 Å². The normalized spacial score (nSPS) is 29.0. The highest BCUT2D eigenvalue weighted by atomic mass is 16.5. The molecule has 0 spiro atoms. The molecule has 2 aliphatic rings. The van der Waals surface area contributed by atoms with E-state index >= 15 is 0 Å². The zero-order valence-electron chi connectivity index (χ0n) is 17.1. The van der Waals surface area contributed by atoms with Crippen LogP contribution in [0.3, 0.4) is 0 Å². The van der Waals surface area contributed by atoms with Crippen LogP contribution in [0.4, 0.5) is 0 Å². The molecular formula is C21H31N5O2. The van der Waals surface area contributed by atoms with Crippen LogP contribution in [0.5, 0.6) is 5.88 Å². The van der Waals surface area contributed by atoms with E-state index in [4.69, 9.17) is 14.6 Å². The summed E-state index contributed by atoms with van der Waals surface area (Å²) in [6.45, 7) is 8.87. The minimum atomic E-state index is 0.337. The molecule has 0 amide bonds. The van der Waals surface area contributed by atoms with Crippen molar-refractivity contribution in [3.63, 3.8) is 0 Å². The van der Waals surface area contributed by atoms with Gasteiger partial charge in [0.15, 0.2) is 5.82 Å². The van der Waals surface area contributed by atoms with Crippen LogP contribution in [0.2, 0.25) is 0 Å². The van der Waals surface area contributed by atoms with Crippen LogP contribution in [0.15, 0.2) is 24.7 Å². The number of hydrogen-bond donors (Lipinski definition) is 0. The minimum Gasteiger partial charge on any atom is -0.468 e. The summed E-state index contributed by atoms with van der Waals surface area (Å²) in [5.74, 6) is 1.36. The van der Waals surface area contributed by atoms with Gasteiger partial charge in [-0.05, 0) is 52.5 Å². The Hall–Kier alpha value is -1.99. The first-order chi connectivity index (χ1) is 13.6. The molecule has 2 aromatic rings. The number of nitrogens with zero attached hydrogens (tertiary/aromatic N) is 5. The molecule has 7 heteroatoms. The highest BCUT2D eigenvalue weighted by molar-refractivity contribution is 5.21. The molecule has 2 aromatic heterocycles. The third-order valence-corrected chi connectivity index (χ3v) is 5.83. The largest absolute Gasteiger partial charge is 0.468 e. The van der Waals surface area contributed by atoms with Gasteiger partial charge in [-0.3, -0.25) is 9.58 Å². The van der Waals surface area contributed by atoms with Gasteiger partial charge in [0.1, 0.15) is 6.61 Å². The van der Waals surface area contributed by atoms with E-state index in [9.17, 15) is 0 Å². The third-order valence-electron chi connectivity index (χ3n) is 5.83. The van der Waals surface area contributed by atoms with Crippen molar-refractivity contribution in [3.8, 4) is 5.88 Å². The van der Waals surface area contributed by atoms with Crippen molar-refractivity contribution in [2.45, 2.75) is 77.4 Å². The van der Waals surface area contributed by atoms with Crippen LogP contribution < -0.4 is 4.74 Å². The van der Waals surface area contributed by atoms with E-state index in [2.05, 4.69) is 39.6 Å².